The van der Waals surface area contributed by atoms with Crippen molar-refractivity contribution < 1.29 is 0 Å². The number of nitrogens with one attached hydrogen (secondary N) is 1. The minimum Gasteiger partial charge on any atom is -0.352 e. The topological polar surface area (TPSA) is 46.5 Å². The van der Waals surface area contributed by atoms with Gasteiger partial charge in [-0.15, -0.1) is 10.2 Å². The fraction of sp³-hybridized carbons (Fsp3) is 0. The summed E-state index contributed by atoms with van der Waals surface area (Å²) in [5.41, 5.74) is 9.92. The van der Waals surface area contributed by atoms with Gasteiger partial charge in [-0.05, 0) is 130 Å². The number of aromatic nitrogens is 4. The lowest BCUT2D eigenvalue weighted by atomic mass is 9.81. The normalized spacial score (nSPS) is 11.8. The zero-order valence-electron chi connectivity index (χ0n) is 31.4. The van der Waals surface area contributed by atoms with Gasteiger partial charge in [-0.1, -0.05) is 152 Å². The molecule has 12 aromatic rings. The lowest BCUT2D eigenvalue weighted by Gasteiger charge is -2.22. The molecule has 2 aromatic heterocycles. The summed E-state index contributed by atoms with van der Waals surface area (Å²) in [6.45, 7) is 0. The van der Waals surface area contributed by atoms with Crippen LogP contribution in [0.15, 0.2) is 200 Å². The van der Waals surface area contributed by atoms with Crippen molar-refractivity contribution in [1.82, 2.24) is 19.7 Å². The summed E-state index contributed by atoms with van der Waals surface area (Å²) >= 11 is 0. The summed E-state index contributed by atoms with van der Waals surface area (Å²) in [5.74, 6) is 1.55. The predicted octanol–water partition coefficient (Wildman–Crippen LogP) is 14.1. The zero-order valence-corrected chi connectivity index (χ0v) is 31.4. The van der Waals surface area contributed by atoms with Crippen molar-refractivity contribution in [2.24, 2.45) is 0 Å². The summed E-state index contributed by atoms with van der Waals surface area (Å²) < 4.78 is 2.14. The molecule has 0 spiro atoms. The monoisotopic (exact) mass is 738 g/mol. The molecule has 0 atom stereocenters. The van der Waals surface area contributed by atoms with Gasteiger partial charge in [0.05, 0.1) is 5.69 Å². The first-order valence-corrected chi connectivity index (χ1v) is 19.7. The highest BCUT2D eigenvalue weighted by molar-refractivity contribution is 6.31. The van der Waals surface area contributed by atoms with Gasteiger partial charge in [0.15, 0.2) is 11.6 Å². The van der Waals surface area contributed by atoms with Crippen LogP contribution < -0.4 is 0 Å². The number of rotatable bonds is 6. The van der Waals surface area contributed by atoms with Crippen LogP contribution in [0, 0.1) is 0 Å². The van der Waals surface area contributed by atoms with Crippen LogP contribution in [0.4, 0.5) is 0 Å². The number of H-pyrrole nitrogens is 1. The Kier molecular flexibility index (Phi) is 7.20. The molecule has 4 heteroatoms. The molecule has 0 saturated heterocycles. The van der Waals surface area contributed by atoms with Crippen molar-refractivity contribution in [3.63, 3.8) is 0 Å². The van der Waals surface area contributed by atoms with Crippen LogP contribution >= 0.6 is 0 Å². The van der Waals surface area contributed by atoms with Gasteiger partial charge in [0.1, 0.15) is 0 Å². The number of aromatic amines is 1. The van der Waals surface area contributed by atoms with Crippen molar-refractivity contribution in [1.29, 1.82) is 0 Å². The molecule has 0 bridgehead atoms. The van der Waals surface area contributed by atoms with Crippen LogP contribution in [0.1, 0.15) is 0 Å². The second kappa shape index (κ2) is 12.9. The van der Waals surface area contributed by atoms with E-state index in [4.69, 9.17) is 10.2 Å². The van der Waals surface area contributed by atoms with Gasteiger partial charge < -0.3 is 4.98 Å². The summed E-state index contributed by atoms with van der Waals surface area (Å²) in [6, 6.07) is 72.1. The van der Waals surface area contributed by atoms with Crippen LogP contribution in [-0.4, -0.2) is 19.7 Å². The first-order valence-electron chi connectivity index (χ1n) is 19.7. The number of nitrogens with zero attached hydrogens (tertiary/aromatic N) is 3. The standard InChI is InChI=1S/C54H34N4/c1-3-14-37(15-4-1)53-56-57-54(58(53)44-19-5-2-6-20-44)48-29-28-47(55-48)43-32-42-27-24-36-18-11-21-45-49(36)51(42)46(33-43)52(41-26-23-35-13-8-10-17-39(35)31-41)50(45)40-25-22-34-12-7-9-16-38(34)30-40/h1-33,55H. The molecule has 0 saturated carbocycles. The van der Waals surface area contributed by atoms with E-state index in [2.05, 4.69) is 185 Å². The maximum atomic E-state index is 4.79. The highest BCUT2D eigenvalue weighted by atomic mass is 15.3. The van der Waals surface area contributed by atoms with Crippen molar-refractivity contribution in [2.75, 3.05) is 0 Å². The highest BCUT2D eigenvalue weighted by Gasteiger charge is 2.23. The van der Waals surface area contributed by atoms with Crippen LogP contribution in [0.5, 0.6) is 0 Å². The Balaban J connectivity index is 1.13. The maximum absolute atomic E-state index is 4.79. The molecule has 0 radical (unpaired) electrons. The van der Waals surface area contributed by atoms with Crippen LogP contribution in [0.3, 0.4) is 0 Å². The number of benzene rings is 10. The molecule has 58 heavy (non-hydrogen) atoms. The molecule has 10 aromatic carbocycles. The van der Waals surface area contributed by atoms with E-state index in [1.807, 2.05) is 24.3 Å². The smallest absolute Gasteiger partial charge is 0.185 e. The third kappa shape index (κ3) is 5.09. The van der Waals surface area contributed by atoms with E-state index in [1.165, 1.54) is 76.1 Å². The Morgan fingerprint density at radius 3 is 1.59 bits per heavy atom. The van der Waals surface area contributed by atoms with E-state index >= 15 is 0 Å². The minimum absolute atomic E-state index is 0.754. The molecular formula is C54H34N4. The fourth-order valence-electron chi connectivity index (χ4n) is 9.11. The average molecular weight is 739 g/mol. The maximum Gasteiger partial charge on any atom is 0.185 e. The number of para-hydroxylation sites is 1. The molecule has 0 aliphatic heterocycles. The summed E-state index contributed by atoms with van der Waals surface area (Å²) in [7, 11) is 0. The molecule has 0 aliphatic carbocycles. The molecule has 0 unspecified atom stereocenters. The van der Waals surface area contributed by atoms with Gasteiger partial charge in [-0.25, -0.2) is 0 Å². The zero-order chi connectivity index (χ0) is 38.2. The Morgan fingerprint density at radius 1 is 0.328 bits per heavy atom. The van der Waals surface area contributed by atoms with Crippen molar-refractivity contribution in [2.45, 2.75) is 0 Å². The molecular weight excluding hydrogens is 705 g/mol. The summed E-state index contributed by atoms with van der Waals surface area (Å²) in [6.07, 6.45) is 0. The Hall–Kier alpha value is -7.82. The Morgan fingerprint density at radius 2 is 0.862 bits per heavy atom. The van der Waals surface area contributed by atoms with Crippen LogP contribution in [0.2, 0.25) is 0 Å². The number of fused-ring (bicyclic) bond motifs is 2. The summed E-state index contributed by atoms with van der Waals surface area (Å²) in [4.78, 5) is 3.79. The first-order chi connectivity index (χ1) is 28.7. The van der Waals surface area contributed by atoms with E-state index in [9.17, 15) is 0 Å². The van der Waals surface area contributed by atoms with E-state index in [0.29, 0.717) is 0 Å². The molecule has 4 nitrogen and oxygen atoms in total. The molecule has 12 rings (SSSR count). The quantitative estimate of drug-likeness (QED) is 0.173. The number of hydrogen-bond acceptors (Lipinski definition) is 2. The predicted molar refractivity (Wildman–Crippen MR) is 242 cm³/mol. The molecule has 0 fully saturated rings. The minimum atomic E-state index is 0.754. The van der Waals surface area contributed by atoms with Crippen molar-refractivity contribution in [3.8, 4) is 62.1 Å². The highest BCUT2D eigenvalue weighted by Crippen LogP contribution is 2.49. The summed E-state index contributed by atoms with van der Waals surface area (Å²) in [5, 5.41) is 22.0. The van der Waals surface area contributed by atoms with Gasteiger partial charge in [0, 0.05) is 16.9 Å². The van der Waals surface area contributed by atoms with Crippen molar-refractivity contribution >= 4 is 53.9 Å². The molecule has 0 amide bonds. The van der Waals surface area contributed by atoms with Gasteiger partial charge in [0.25, 0.3) is 0 Å². The van der Waals surface area contributed by atoms with Gasteiger partial charge in [0.2, 0.25) is 0 Å². The van der Waals surface area contributed by atoms with Gasteiger partial charge in [-0.3, -0.25) is 4.57 Å². The molecule has 2 heterocycles. The average Bonchev–Trinajstić information content (AvgIpc) is 3.97. The van der Waals surface area contributed by atoms with E-state index in [1.54, 1.807) is 0 Å². The molecule has 0 aliphatic rings. The lowest BCUT2D eigenvalue weighted by molar-refractivity contribution is 1.06. The molecule has 270 valence electrons. The van der Waals surface area contributed by atoms with Gasteiger partial charge in [-0.2, -0.15) is 0 Å². The van der Waals surface area contributed by atoms with E-state index < -0.39 is 0 Å². The van der Waals surface area contributed by atoms with E-state index in [-0.39, 0.29) is 0 Å². The SMILES string of the molecule is c1ccc(-c2nnc(-c3ccc(-c4cc5ccc6cccc7c(-c8ccc9ccccc9c8)c(-c8ccc9ccccc9c8)c(c4)c5c67)[nH]3)n2-c2ccccc2)cc1. The van der Waals surface area contributed by atoms with Crippen LogP contribution in [-0.2, 0) is 0 Å². The Labute approximate surface area is 334 Å². The van der Waals surface area contributed by atoms with Crippen molar-refractivity contribution in [3.05, 3.63) is 200 Å². The fourth-order valence-corrected chi connectivity index (χ4v) is 9.11. The third-order valence-corrected chi connectivity index (χ3v) is 11.8. The van der Waals surface area contributed by atoms with Gasteiger partial charge >= 0.3 is 0 Å². The Bertz CT molecular complexity index is 3500. The number of hydrogen-bond donors (Lipinski definition) is 1. The lowest BCUT2D eigenvalue weighted by Crippen LogP contribution is -2.00. The second-order valence-electron chi connectivity index (χ2n) is 15.1. The molecule has 1 N–H and O–H groups in total. The van der Waals surface area contributed by atoms with E-state index in [0.717, 1.165) is 39.9 Å². The third-order valence-electron chi connectivity index (χ3n) is 11.8. The largest absolute Gasteiger partial charge is 0.352 e. The second-order valence-corrected chi connectivity index (χ2v) is 15.1. The first kappa shape index (κ1) is 32.4. The van der Waals surface area contributed by atoms with Crippen LogP contribution in [0.25, 0.3) is 116 Å².